The maximum absolute atomic E-state index is 13.9. The van der Waals surface area contributed by atoms with Crippen molar-refractivity contribution in [2.24, 2.45) is 11.8 Å². The van der Waals surface area contributed by atoms with Crippen LogP contribution in [0.25, 0.3) is 11.1 Å². The monoisotopic (exact) mass is 481 g/mol. The smallest absolute Gasteiger partial charge is 0.338 e. The molecular weight excluding hydrogens is 457 g/mol. The highest BCUT2D eigenvalue weighted by molar-refractivity contribution is 7.80. The molecule has 0 saturated heterocycles. The third-order valence-corrected chi connectivity index (χ3v) is 6.80. The van der Waals surface area contributed by atoms with Gasteiger partial charge in [-0.05, 0) is 67.6 Å². The number of para-hydroxylation sites is 1. The highest BCUT2D eigenvalue weighted by Gasteiger charge is 2.33. The maximum Gasteiger partial charge on any atom is 0.338 e. The summed E-state index contributed by atoms with van der Waals surface area (Å²) in [4.78, 5) is 14.3. The lowest BCUT2D eigenvalue weighted by Crippen LogP contribution is -2.27. The minimum absolute atomic E-state index is 0.353. The summed E-state index contributed by atoms with van der Waals surface area (Å²) in [6.07, 6.45) is 2.42. The number of hydrogen-bond donors (Lipinski definition) is 2. The zero-order valence-corrected chi connectivity index (χ0v) is 19.9. The second kappa shape index (κ2) is 9.62. The Balaban J connectivity index is 1.77. The average molecular weight is 482 g/mol. The van der Waals surface area contributed by atoms with Crippen LogP contribution in [0.3, 0.4) is 0 Å². The Labute approximate surface area is 203 Å². The third-order valence-electron chi connectivity index (χ3n) is 6.13. The van der Waals surface area contributed by atoms with Crippen LogP contribution in [-0.4, -0.2) is 17.6 Å². The van der Waals surface area contributed by atoms with Crippen molar-refractivity contribution < 1.29 is 14.3 Å². The predicted octanol–water partition coefficient (Wildman–Crippen LogP) is 7.87. The topological polar surface area (TPSA) is 40.5 Å². The van der Waals surface area contributed by atoms with Gasteiger partial charge >= 0.3 is 5.97 Å². The summed E-state index contributed by atoms with van der Waals surface area (Å²) in [5.41, 5.74) is 3.76. The van der Waals surface area contributed by atoms with Crippen LogP contribution in [0.1, 0.15) is 30.1 Å². The molecular formula is C27H25ClFNO2S. The molecule has 3 nitrogen and oxygen atoms in total. The number of nitrogens with zero attached hydrogens (tertiary/aromatic N) is 1. The molecule has 0 unspecified atom stereocenters. The van der Waals surface area contributed by atoms with Crippen molar-refractivity contribution in [1.82, 2.24) is 0 Å². The van der Waals surface area contributed by atoms with E-state index in [9.17, 15) is 14.3 Å². The highest BCUT2D eigenvalue weighted by Crippen LogP contribution is 2.44. The Morgan fingerprint density at radius 2 is 1.91 bits per heavy atom. The molecule has 0 radical (unpaired) electrons. The third kappa shape index (κ3) is 5.10. The fourth-order valence-corrected chi connectivity index (χ4v) is 4.78. The highest BCUT2D eigenvalue weighted by atomic mass is 35.5. The van der Waals surface area contributed by atoms with Crippen molar-refractivity contribution >= 4 is 41.6 Å². The number of carboxylic acid groups (broad SMARTS) is 1. The average Bonchev–Trinajstić information content (AvgIpc) is 3.62. The quantitative estimate of drug-likeness (QED) is 0.254. The van der Waals surface area contributed by atoms with Gasteiger partial charge in [-0.15, -0.1) is 12.6 Å². The Morgan fingerprint density at radius 1 is 1.21 bits per heavy atom. The lowest BCUT2D eigenvalue weighted by molar-refractivity contribution is 0.0692. The fraction of sp³-hybridized carbons (Fsp3) is 0.222. The van der Waals surface area contributed by atoms with Crippen LogP contribution in [0.2, 0.25) is 5.02 Å². The van der Waals surface area contributed by atoms with Gasteiger partial charge in [-0.2, -0.15) is 0 Å². The first-order valence-corrected chi connectivity index (χ1v) is 11.6. The molecule has 0 amide bonds. The number of benzene rings is 3. The first-order chi connectivity index (χ1) is 15.8. The maximum atomic E-state index is 13.9. The summed E-state index contributed by atoms with van der Waals surface area (Å²) in [6, 6.07) is 17.7. The fourth-order valence-electron chi connectivity index (χ4n) is 4.20. The summed E-state index contributed by atoms with van der Waals surface area (Å²) >= 11 is 11.5. The molecule has 0 heterocycles. The molecule has 6 heteroatoms. The second-order valence-corrected chi connectivity index (χ2v) is 9.45. The summed E-state index contributed by atoms with van der Waals surface area (Å²) in [5.74, 6) is -1.12. The molecule has 33 heavy (non-hydrogen) atoms. The van der Waals surface area contributed by atoms with Crippen molar-refractivity contribution in [3.63, 3.8) is 0 Å². The van der Waals surface area contributed by atoms with Crippen LogP contribution in [-0.2, 0) is 0 Å². The van der Waals surface area contributed by atoms with E-state index in [1.807, 2.05) is 30.3 Å². The molecule has 3 aromatic carbocycles. The van der Waals surface area contributed by atoms with Gasteiger partial charge in [-0.1, -0.05) is 48.0 Å². The molecule has 1 atom stereocenters. The molecule has 1 fully saturated rings. The van der Waals surface area contributed by atoms with Crippen LogP contribution in [0.15, 0.2) is 77.7 Å². The number of aromatic carboxylic acids is 1. The van der Waals surface area contributed by atoms with Crippen LogP contribution in [0.5, 0.6) is 0 Å². The number of rotatable bonds is 8. The molecule has 1 aliphatic rings. The first kappa shape index (κ1) is 23.4. The standard InChI is InChI=1S/C27H25ClFNO2S/c1-16(2)22(17-8-9-17)15-30(19-6-4-3-5-7-19)25-14-23(28)20(13-26(25)33)18-10-11-24(29)21(12-18)27(31)32/h3-7,10-14,17,22,33H,1,8-9,15H2,2H3,(H,31,32)/t22-/m1/s1. The van der Waals surface area contributed by atoms with Gasteiger partial charge in [0, 0.05) is 28.6 Å². The first-order valence-electron chi connectivity index (χ1n) is 10.8. The SMILES string of the molecule is C=C(C)[C@@H](CN(c1ccccc1)c1cc(Cl)c(-c2ccc(F)c(C(=O)O)c2)cc1S)C1CC1. The van der Waals surface area contributed by atoms with Crippen LogP contribution < -0.4 is 4.90 Å². The van der Waals surface area contributed by atoms with Gasteiger partial charge in [0.15, 0.2) is 0 Å². The predicted molar refractivity (Wildman–Crippen MR) is 136 cm³/mol. The molecule has 1 N–H and O–H groups in total. The van der Waals surface area contributed by atoms with E-state index in [2.05, 4.69) is 30.5 Å². The molecule has 1 saturated carbocycles. The Kier molecular flexibility index (Phi) is 6.82. The van der Waals surface area contributed by atoms with E-state index >= 15 is 0 Å². The van der Waals surface area contributed by atoms with Gasteiger partial charge in [0.2, 0.25) is 0 Å². The number of hydrogen-bond acceptors (Lipinski definition) is 3. The second-order valence-electron chi connectivity index (χ2n) is 8.56. The Bertz CT molecular complexity index is 1210. The molecule has 0 spiro atoms. The van der Waals surface area contributed by atoms with Gasteiger partial charge in [0.25, 0.3) is 0 Å². The van der Waals surface area contributed by atoms with E-state index in [-0.39, 0.29) is 0 Å². The zero-order chi connectivity index (χ0) is 23.7. The van der Waals surface area contributed by atoms with E-state index in [0.717, 1.165) is 29.6 Å². The molecule has 1 aliphatic carbocycles. The molecule has 0 aromatic heterocycles. The van der Waals surface area contributed by atoms with Crippen molar-refractivity contribution in [3.8, 4) is 11.1 Å². The largest absolute Gasteiger partial charge is 0.478 e. The van der Waals surface area contributed by atoms with Crippen LogP contribution >= 0.6 is 24.2 Å². The summed E-state index contributed by atoms with van der Waals surface area (Å²) < 4.78 is 13.9. The Hall–Kier alpha value is -2.76. The summed E-state index contributed by atoms with van der Waals surface area (Å²) in [6.45, 7) is 7.07. The van der Waals surface area contributed by atoms with Gasteiger partial charge in [-0.25, -0.2) is 9.18 Å². The van der Waals surface area contributed by atoms with E-state index in [1.54, 1.807) is 0 Å². The lowest BCUT2D eigenvalue weighted by atomic mass is 9.95. The summed E-state index contributed by atoms with van der Waals surface area (Å²) in [5, 5.41) is 9.72. The zero-order valence-electron chi connectivity index (χ0n) is 18.3. The number of anilines is 2. The molecule has 170 valence electrons. The van der Waals surface area contributed by atoms with E-state index in [0.29, 0.717) is 32.9 Å². The van der Waals surface area contributed by atoms with Crippen LogP contribution in [0, 0.1) is 17.7 Å². The van der Waals surface area contributed by atoms with Crippen molar-refractivity contribution in [3.05, 3.63) is 89.2 Å². The molecule has 0 aliphatic heterocycles. The minimum atomic E-state index is -1.32. The molecule has 3 aromatic rings. The van der Waals surface area contributed by atoms with Crippen LogP contribution in [0.4, 0.5) is 15.8 Å². The van der Waals surface area contributed by atoms with E-state index in [1.165, 1.54) is 25.0 Å². The van der Waals surface area contributed by atoms with Crippen molar-refractivity contribution in [2.45, 2.75) is 24.7 Å². The van der Waals surface area contributed by atoms with Crippen molar-refractivity contribution in [1.29, 1.82) is 0 Å². The number of thiol groups is 1. The van der Waals surface area contributed by atoms with Gasteiger partial charge in [0.1, 0.15) is 5.82 Å². The van der Waals surface area contributed by atoms with Gasteiger partial charge in [0.05, 0.1) is 16.3 Å². The van der Waals surface area contributed by atoms with E-state index < -0.39 is 17.3 Å². The number of carboxylic acids is 1. The Morgan fingerprint density at radius 3 is 2.52 bits per heavy atom. The molecule has 4 rings (SSSR count). The number of carbonyl (C=O) groups is 1. The lowest BCUT2D eigenvalue weighted by Gasteiger charge is -2.31. The van der Waals surface area contributed by atoms with Crippen molar-refractivity contribution in [2.75, 3.05) is 11.4 Å². The van der Waals surface area contributed by atoms with E-state index in [4.69, 9.17) is 24.2 Å². The molecule has 0 bridgehead atoms. The minimum Gasteiger partial charge on any atom is -0.478 e. The van der Waals surface area contributed by atoms with Gasteiger partial charge < -0.3 is 10.0 Å². The summed E-state index contributed by atoms with van der Waals surface area (Å²) in [7, 11) is 0. The number of halogens is 2. The van der Waals surface area contributed by atoms with Gasteiger partial charge in [-0.3, -0.25) is 0 Å². The normalized spacial score (nSPS) is 14.1.